The fourth-order valence-electron chi connectivity index (χ4n) is 5.79. The first-order valence-electron chi connectivity index (χ1n) is 17.2. The zero-order valence-electron chi connectivity index (χ0n) is 29.2. The first-order valence-corrected chi connectivity index (χ1v) is 17.2. The summed E-state index contributed by atoms with van der Waals surface area (Å²) in [6.45, 7) is -0.194. The van der Waals surface area contributed by atoms with E-state index >= 15 is 0 Å². The second kappa shape index (κ2) is 19.3. The van der Waals surface area contributed by atoms with Gasteiger partial charge in [-0.05, 0) is 59.7 Å². The molecule has 0 unspecified atom stereocenters. The number of hydrogen-bond donors (Lipinski definition) is 10. The molecule has 1 aliphatic heterocycles. The van der Waals surface area contributed by atoms with Gasteiger partial charge in [-0.25, -0.2) is 0 Å². The number of phenols is 1. The number of carbonyl (C=O) groups excluding carboxylic acids is 5. The predicted molar refractivity (Wildman–Crippen MR) is 200 cm³/mol. The van der Waals surface area contributed by atoms with Crippen molar-refractivity contribution >= 4 is 52.2 Å². The van der Waals surface area contributed by atoms with Crippen LogP contribution in [0.5, 0.6) is 5.75 Å². The molecule has 4 atom stereocenters. The summed E-state index contributed by atoms with van der Waals surface area (Å²) in [5, 5.41) is 25.1. The van der Waals surface area contributed by atoms with Gasteiger partial charge in [0.2, 0.25) is 29.5 Å². The van der Waals surface area contributed by atoms with Crippen molar-refractivity contribution in [3.63, 3.8) is 0 Å². The number of amides is 5. The molecule has 17 nitrogen and oxygen atoms in total. The van der Waals surface area contributed by atoms with Crippen molar-refractivity contribution in [2.45, 2.75) is 62.7 Å². The summed E-state index contributed by atoms with van der Waals surface area (Å²) < 4.78 is 0. The molecule has 5 amide bonds. The quantitative estimate of drug-likeness (QED) is 0.0585. The summed E-state index contributed by atoms with van der Waals surface area (Å²) in [7, 11) is 0. The highest BCUT2D eigenvalue weighted by atomic mass is 16.3. The minimum Gasteiger partial charge on any atom is -0.508 e. The van der Waals surface area contributed by atoms with Gasteiger partial charge in [0.1, 0.15) is 29.9 Å². The number of nitrogens with zero attached hydrogens (tertiary/aromatic N) is 2. The van der Waals surface area contributed by atoms with E-state index in [1.807, 2.05) is 42.5 Å². The molecule has 4 rings (SSSR count). The van der Waals surface area contributed by atoms with E-state index in [1.54, 1.807) is 12.1 Å². The van der Waals surface area contributed by atoms with Crippen LogP contribution in [0.2, 0.25) is 0 Å². The summed E-state index contributed by atoms with van der Waals surface area (Å²) in [5.74, 6) is -3.66. The smallest absolute Gasteiger partial charge is 0.243 e. The standard InChI is InChI=1S/C36H47N11O6/c37-35(38)41-15-3-7-26-32(51)45-27(8-4-16-42-36(39)40)33(52)47-28(18-21-10-13-25(48)14-11-21)31(50)43-20-30(49)44-29(34(53)46-26)19-22-9-12-23-5-1-2-6-24(23)17-22/h1-2,5-6,9-14,17,26-29,48H,3-4,7-8,15-16,18-20H2,(H,43,50)(H,44,49)(H,45,51)(H,46,53)(H,47,52)(H4,37,38,41)(H4,39,40,42)/t26-,27-,28-,29+/m1/s1. The van der Waals surface area contributed by atoms with Crippen LogP contribution in [0.4, 0.5) is 0 Å². The van der Waals surface area contributed by atoms with E-state index in [4.69, 9.17) is 22.9 Å². The van der Waals surface area contributed by atoms with Gasteiger partial charge in [-0.2, -0.15) is 0 Å². The molecule has 0 saturated carbocycles. The number of rotatable bonds is 12. The lowest BCUT2D eigenvalue weighted by molar-refractivity contribution is -0.134. The minimum absolute atomic E-state index is 0.00775. The van der Waals surface area contributed by atoms with Crippen molar-refractivity contribution < 1.29 is 29.1 Å². The van der Waals surface area contributed by atoms with Crippen LogP contribution < -0.4 is 49.5 Å². The van der Waals surface area contributed by atoms with E-state index in [-0.39, 0.29) is 69.3 Å². The topological polar surface area (TPSA) is 295 Å². The highest BCUT2D eigenvalue weighted by Crippen LogP contribution is 2.17. The van der Waals surface area contributed by atoms with Crippen LogP contribution in [-0.2, 0) is 36.8 Å². The van der Waals surface area contributed by atoms with Gasteiger partial charge in [-0.3, -0.25) is 34.0 Å². The summed E-state index contributed by atoms with van der Waals surface area (Å²) in [4.78, 5) is 76.4. The molecular formula is C36H47N11O6. The molecule has 14 N–H and O–H groups in total. The van der Waals surface area contributed by atoms with E-state index in [1.165, 1.54) is 12.1 Å². The van der Waals surface area contributed by atoms with Gasteiger partial charge < -0.3 is 54.6 Å². The van der Waals surface area contributed by atoms with Crippen molar-refractivity contribution in [1.82, 2.24) is 26.6 Å². The van der Waals surface area contributed by atoms with E-state index < -0.39 is 60.2 Å². The lowest BCUT2D eigenvalue weighted by Crippen LogP contribution is -2.58. The number of guanidine groups is 2. The van der Waals surface area contributed by atoms with Crippen LogP contribution in [0.1, 0.15) is 36.8 Å². The number of nitrogens with two attached hydrogens (primary N) is 4. The number of phenolic OH excluding ortho intramolecular Hbond substituents is 1. The monoisotopic (exact) mass is 729 g/mol. The van der Waals surface area contributed by atoms with Crippen molar-refractivity contribution in [2.75, 3.05) is 19.6 Å². The molecule has 0 aliphatic carbocycles. The lowest BCUT2D eigenvalue weighted by Gasteiger charge is -2.26. The third-order valence-electron chi connectivity index (χ3n) is 8.49. The predicted octanol–water partition coefficient (Wildman–Crippen LogP) is -1.49. The average Bonchev–Trinajstić information content (AvgIpc) is 3.12. The van der Waals surface area contributed by atoms with Crippen LogP contribution >= 0.6 is 0 Å². The summed E-state index contributed by atoms with van der Waals surface area (Å²) in [6.07, 6.45) is 0.769. The summed E-state index contributed by atoms with van der Waals surface area (Å²) >= 11 is 0. The Balaban J connectivity index is 1.68. The maximum atomic E-state index is 13.9. The van der Waals surface area contributed by atoms with Gasteiger partial charge in [-0.15, -0.1) is 0 Å². The number of fused-ring (bicyclic) bond motifs is 1. The average molecular weight is 730 g/mol. The normalized spacial score (nSPS) is 20.0. The first kappa shape index (κ1) is 39.4. The van der Waals surface area contributed by atoms with Crippen LogP contribution in [-0.4, -0.2) is 90.4 Å². The number of hydrogen-bond acceptors (Lipinski definition) is 8. The fourth-order valence-corrected chi connectivity index (χ4v) is 5.79. The second-order valence-electron chi connectivity index (χ2n) is 12.7. The van der Waals surface area contributed by atoms with Gasteiger partial charge in [0.25, 0.3) is 0 Å². The molecule has 0 spiro atoms. The third-order valence-corrected chi connectivity index (χ3v) is 8.49. The SMILES string of the molecule is NC(N)=NCCC[C@H]1NC(=O)[C@H](Cc2ccc3ccccc3c2)NC(=O)CNC(=O)[C@@H](Cc2ccc(O)cc2)NC(=O)[C@@H](CCCN=C(N)N)NC1=O. The van der Waals surface area contributed by atoms with Crippen molar-refractivity contribution in [3.05, 3.63) is 77.9 Å². The molecule has 1 aliphatic rings. The number of nitrogens with one attached hydrogen (secondary N) is 5. The molecular weight excluding hydrogens is 682 g/mol. The van der Waals surface area contributed by atoms with E-state index in [0.29, 0.717) is 5.56 Å². The molecule has 1 saturated heterocycles. The molecule has 3 aromatic carbocycles. The van der Waals surface area contributed by atoms with Crippen molar-refractivity contribution in [3.8, 4) is 5.75 Å². The fraction of sp³-hybridized carbons (Fsp3) is 0.361. The van der Waals surface area contributed by atoms with Gasteiger partial charge in [0.05, 0.1) is 6.54 Å². The van der Waals surface area contributed by atoms with E-state index in [2.05, 4.69) is 36.6 Å². The van der Waals surface area contributed by atoms with Crippen molar-refractivity contribution in [1.29, 1.82) is 0 Å². The van der Waals surface area contributed by atoms with E-state index in [0.717, 1.165) is 16.3 Å². The Bertz CT molecular complexity index is 1820. The van der Waals surface area contributed by atoms with Gasteiger partial charge >= 0.3 is 0 Å². The van der Waals surface area contributed by atoms with Crippen LogP contribution in [0.15, 0.2) is 76.7 Å². The molecule has 0 bridgehead atoms. The molecule has 0 aromatic heterocycles. The first-order chi connectivity index (χ1) is 25.4. The number of aliphatic imine (C=N–C) groups is 2. The molecule has 0 radical (unpaired) electrons. The highest BCUT2D eigenvalue weighted by Gasteiger charge is 2.32. The third kappa shape index (κ3) is 12.7. The van der Waals surface area contributed by atoms with E-state index in [9.17, 15) is 29.1 Å². The Morgan fingerprint density at radius 2 is 1.09 bits per heavy atom. The Morgan fingerprint density at radius 1 is 0.604 bits per heavy atom. The molecule has 3 aromatic rings. The van der Waals surface area contributed by atoms with Gasteiger partial charge in [0.15, 0.2) is 11.9 Å². The molecule has 1 fully saturated rings. The van der Waals surface area contributed by atoms with Crippen LogP contribution in [0.25, 0.3) is 10.8 Å². The molecule has 53 heavy (non-hydrogen) atoms. The summed E-state index contributed by atoms with van der Waals surface area (Å²) in [5.41, 5.74) is 23.2. The molecule has 282 valence electrons. The minimum atomic E-state index is -1.19. The Hall–Kier alpha value is -6.39. The Morgan fingerprint density at radius 3 is 1.68 bits per heavy atom. The Kier molecular flexibility index (Phi) is 14.3. The van der Waals surface area contributed by atoms with Crippen LogP contribution in [0.3, 0.4) is 0 Å². The molecule has 1 heterocycles. The number of benzene rings is 3. The number of carbonyl (C=O) groups is 5. The van der Waals surface area contributed by atoms with Gasteiger partial charge in [0, 0.05) is 25.9 Å². The largest absolute Gasteiger partial charge is 0.508 e. The highest BCUT2D eigenvalue weighted by molar-refractivity contribution is 5.97. The maximum absolute atomic E-state index is 13.9. The zero-order chi connectivity index (χ0) is 38.3. The maximum Gasteiger partial charge on any atom is 0.243 e. The lowest BCUT2D eigenvalue weighted by atomic mass is 10.0. The molecule has 17 heteroatoms. The van der Waals surface area contributed by atoms with Gasteiger partial charge in [-0.1, -0.05) is 54.6 Å². The summed E-state index contributed by atoms with van der Waals surface area (Å²) in [6, 6.07) is 14.7. The van der Waals surface area contributed by atoms with Crippen LogP contribution in [0, 0.1) is 0 Å². The Labute approximate surface area is 306 Å². The number of aromatic hydroxyl groups is 1. The second-order valence-corrected chi connectivity index (χ2v) is 12.7. The van der Waals surface area contributed by atoms with Crippen molar-refractivity contribution in [2.24, 2.45) is 32.9 Å². The zero-order valence-corrected chi connectivity index (χ0v) is 29.2.